The number of rotatable bonds is 9. The van der Waals surface area contributed by atoms with Gasteiger partial charge in [0.1, 0.15) is 6.04 Å². The summed E-state index contributed by atoms with van der Waals surface area (Å²) in [6, 6.07) is 15.2. The minimum Gasteiger partial charge on any atom is -0.341 e. The van der Waals surface area contributed by atoms with Crippen LogP contribution >= 0.6 is 0 Å². The van der Waals surface area contributed by atoms with Gasteiger partial charge in [-0.15, -0.1) is 6.58 Å². The quantitative estimate of drug-likeness (QED) is 0.290. The number of benzene rings is 3. The summed E-state index contributed by atoms with van der Waals surface area (Å²) in [4.78, 5) is 47.9. The number of carbonyl (C=O) groups is 2. The summed E-state index contributed by atoms with van der Waals surface area (Å²) >= 11 is 0. The molecule has 0 spiro atoms. The van der Waals surface area contributed by atoms with E-state index in [0.717, 1.165) is 34.5 Å². The molecule has 0 aliphatic rings. The standard InChI is InChI=1S/C24H22N4O6/c1-3-11-26(15-18-9-6-8-17-7-4-5-10-22(17)18)24(30)16(2)25-23(29)19-12-20(27(31)32)14-21(13-19)28(33)34/h3-10,12-14,16H,1,11,15H2,2H3,(H,25,29)/t16-/m0/s1. The number of nitrogens with zero attached hydrogens (tertiary/aromatic N) is 3. The lowest BCUT2D eigenvalue weighted by Crippen LogP contribution is -2.46. The van der Waals surface area contributed by atoms with Crippen LogP contribution in [0.2, 0.25) is 0 Å². The number of amides is 2. The van der Waals surface area contributed by atoms with Crippen LogP contribution in [0.5, 0.6) is 0 Å². The molecular formula is C24H22N4O6. The summed E-state index contributed by atoms with van der Waals surface area (Å²) in [5.74, 6) is -1.24. The first-order valence-corrected chi connectivity index (χ1v) is 10.3. The number of fused-ring (bicyclic) bond motifs is 1. The predicted molar refractivity (Wildman–Crippen MR) is 126 cm³/mol. The molecule has 0 bridgehead atoms. The average Bonchev–Trinajstić information content (AvgIpc) is 2.83. The van der Waals surface area contributed by atoms with E-state index in [1.165, 1.54) is 11.8 Å². The summed E-state index contributed by atoms with van der Waals surface area (Å²) in [6.07, 6.45) is 1.57. The molecule has 2 amide bonds. The van der Waals surface area contributed by atoms with Gasteiger partial charge >= 0.3 is 0 Å². The summed E-state index contributed by atoms with van der Waals surface area (Å²) in [7, 11) is 0. The molecule has 174 valence electrons. The zero-order valence-corrected chi connectivity index (χ0v) is 18.3. The van der Waals surface area contributed by atoms with Crippen molar-refractivity contribution in [3.63, 3.8) is 0 Å². The van der Waals surface area contributed by atoms with Crippen LogP contribution in [-0.4, -0.2) is 39.1 Å². The third-order valence-electron chi connectivity index (χ3n) is 5.21. The molecule has 0 aliphatic heterocycles. The van der Waals surface area contributed by atoms with E-state index in [-0.39, 0.29) is 18.7 Å². The normalized spacial score (nSPS) is 11.4. The van der Waals surface area contributed by atoms with Crippen molar-refractivity contribution in [2.75, 3.05) is 6.54 Å². The maximum absolute atomic E-state index is 13.1. The van der Waals surface area contributed by atoms with Crippen LogP contribution in [0.1, 0.15) is 22.8 Å². The Kier molecular flexibility index (Phi) is 7.32. The SMILES string of the molecule is C=CCN(Cc1cccc2ccccc12)C(=O)[C@H](C)NC(=O)c1cc([N+](=O)[O-])cc([N+](=O)[O-])c1. The third-order valence-corrected chi connectivity index (χ3v) is 5.21. The van der Waals surface area contributed by atoms with Gasteiger partial charge in [-0.05, 0) is 23.3 Å². The molecule has 34 heavy (non-hydrogen) atoms. The Hall–Kier alpha value is -4.60. The summed E-state index contributed by atoms with van der Waals surface area (Å²) in [6.45, 7) is 5.67. The first-order chi connectivity index (χ1) is 16.2. The fourth-order valence-corrected chi connectivity index (χ4v) is 3.58. The topological polar surface area (TPSA) is 136 Å². The molecule has 10 heteroatoms. The van der Waals surface area contributed by atoms with Crippen molar-refractivity contribution in [2.24, 2.45) is 0 Å². The molecule has 3 aromatic rings. The lowest BCUT2D eigenvalue weighted by atomic mass is 10.0. The van der Waals surface area contributed by atoms with Gasteiger partial charge < -0.3 is 10.2 Å². The van der Waals surface area contributed by atoms with Crippen molar-refractivity contribution in [2.45, 2.75) is 19.5 Å². The van der Waals surface area contributed by atoms with Crippen molar-refractivity contribution in [1.82, 2.24) is 10.2 Å². The fraction of sp³-hybridized carbons (Fsp3) is 0.167. The smallest absolute Gasteiger partial charge is 0.277 e. The van der Waals surface area contributed by atoms with E-state index in [9.17, 15) is 29.8 Å². The van der Waals surface area contributed by atoms with Crippen molar-refractivity contribution < 1.29 is 19.4 Å². The molecule has 0 aliphatic carbocycles. The van der Waals surface area contributed by atoms with Crippen molar-refractivity contribution in [3.8, 4) is 0 Å². The minimum absolute atomic E-state index is 0.227. The number of nitrogens with one attached hydrogen (secondary N) is 1. The summed E-state index contributed by atoms with van der Waals surface area (Å²) in [5.41, 5.74) is -0.559. The lowest BCUT2D eigenvalue weighted by Gasteiger charge is -2.26. The van der Waals surface area contributed by atoms with Gasteiger partial charge in [0.2, 0.25) is 5.91 Å². The number of nitro benzene ring substituents is 2. The Morgan fingerprint density at radius 1 is 1.03 bits per heavy atom. The van der Waals surface area contributed by atoms with Crippen LogP contribution in [0.25, 0.3) is 10.8 Å². The molecule has 1 N–H and O–H groups in total. The third kappa shape index (κ3) is 5.41. The van der Waals surface area contributed by atoms with Gasteiger partial charge in [0, 0.05) is 25.2 Å². The molecular weight excluding hydrogens is 440 g/mol. The highest BCUT2D eigenvalue weighted by Crippen LogP contribution is 2.23. The van der Waals surface area contributed by atoms with E-state index in [1.807, 2.05) is 42.5 Å². The Labute approximate surface area is 194 Å². The summed E-state index contributed by atoms with van der Waals surface area (Å²) in [5, 5.41) is 26.7. The van der Waals surface area contributed by atoms with Crippen LogP contribution in [0.15, 0.2) is 73.3 Å². The second-order valence-electron chi connectivity index (χ2n) is 7.59. The molecule has 0 radical (unpaired) electrons. The summed E-state index contributed by atoms with van der Waals surface area (Å²) < 4.78 is 0. The largest absolute Gasteiger partial charge is 0.341 e. The predicted octanol–water partition coefficient (Wildman–Crippen LogP) is 3.99. The molecule has 0 heterocycles. The number of nitro groups is 2. The molecule has 3 rings (SSSR count). The van der Waals surface area contributed by atoms with Gasteiger partial charge in [-0.2, -0.15) is 0 Å². The van der Waals surface area contributed by atoms with Gasteiger partial charge in [0.05, 0.1) is 21.5 Å². The van der Waals surface area contributed by atoms with E-state index in [1.54, 1.807) is 6.08 Å². The molecule has 0 aromatic heterocycles. The number of non-ortho nitro benzene ring substituents is 2. The van der Waals surface area contributed by atoms with Crippen LogP contribution in [0.4, 0.5) is 11.4 Å². The maximum Gasteiger partial charge on any atom is 0.277 e. The Morgan fingerprint density at radius 3 is 2.26 bits per heavy atom. The molecule has 0 saturated carbocycles. The van der Waals surface area contributed by atoms with Gasteiger partial charge in [-0.3, -0.25) is 29.8 Å². The van der Waals surface area contributed by atoms with E-state index < -0.39 is 39.1 Å². The molecule has 3 aromatic carbocycles. The van der Waals surface area contributed by atoms with Gasteiger partial charge in [0.15, 0.2) is 0 Å². The lowest BCUT2D eigenvalue weighted by molar-refractivity contribution is -0.394. The van der Waals surface area contributed by atoms with Crippen LogP contribution in [-0.2, 0) is 11.3 Å². The van der Waals surface area contributed by atoms with E-state index in [0.29, 0.717) is 0 Å². The Morgan fingerprint density at radius 2 is 1.65 bits per heavy atom. The fourth-order valence-electron chi connectivity index (χ4n) is 3.58. The average molecular weight is 462 g/mol. The van der Waals surface area contributed by atoms with Crippen LogP contribution < -0.4 is 5.32 Å². The number of hydrogen-bond donors (Lipinski definition) is 1. The monoisotopic (exact) mass is 462 g/mol. The maximum atomic E-state index is 13.1. The highest BCUT2D eigenvalue weighted by atomic mass is 16.6. The van der Waals surface area contributed by atoms with E-state index in [2.05, 4.69) is 11.9 Å². The van der Waals surface area contributed by atoms with Gasteiger partial charge in [-0.1, -0.05) is 48.5 Å². The van der Waals surface area contributed by atoms with Crippen molar-refractivity contribution in [3.05, 3.63) is 105 Å². The molecule has 10 nitrogen and oxygen atoms in total. The molecule has 0 unspecified atom stereocenters. The highest BCUT2D eigenvalue weighted by Gasteiger charge is 2.25. The molecule has 0 saturated heterocycles. The Bertz CT molecular complexity index is 1250. The van der Waals surface area contributed by atoms with E-state index in [4.69, 9.17) is 0 Å². The van der Waals surface area contributed by atoms with Gasteiger partial charge in [0.25, 0.3) is 17.3 Å². The number of hydrogen-bond acceptors (Lipinski definition) is 6. The van der Waals surface area contributed by atoms with Crippen molar-refractivity contribution >= 4 is 34.0 Å². The van der Waals surface area contributed by atoms with Crippen LogP contribution in [0.3, 0.4) is 0 Å². The number of carbonyl (C=O) groups excluding carboxylic acids is 2. The minimum atomic E-state index is -0.999. The first kappa shape index (κ1) is 24.1. The zero-order chi connectivity index (χ0) is 24.8. The van der Waals surface area contributed by atoms with E-state index >= 15 is 0 Å². The van der Waals surface area contributed by atoms with Crippen LogP contribution in [0, 0.1) is 20.2 Å². The molecule has 1 atom stereocenters. The second-order valence-corrected chi connectivity index (χ2v) is 7.59. The highest BCUT2D eigenvalue weighted by molar-refractivity contribution is 5.98. The zero-order valence-electron chi connectivity index (χ0n) is 18.3. The molecule has 0 fully saturated rings. The van der Waals surface area contributed by atoms with Gasteiger partial charge in [-0.25, -0.2) is 0 Å². The second kappa shape index (κ2) is 10.3. The Balaban J connectivity index is 1.81. The van der Waals surface area contributed by atoms with Crippen molar-refractivity contribution in [1.29, 1.82) is 0 Å². The first-order valence-electron chi connectivity index (χ1n) is 10.3.